The molecule has 7 nitrogen and oxygen atoms in total. The Morgan fingerprint density at radius 3 is 2.67 bits per heavy atom. The molecule has 1 aromatic rings. The Bertz CT molecular complexity index is 410. The fraction of sp³-hybridized carbons (Fsp3) is 0.364. The lowest BCUT2D eigenvalue weighted by Gasteiger charge is -2.17. The Labute approximate surface area is 104 Å². The number of nitrogens with zero attached hydrogens (tertiary/aromatic N) is 1. The summed E-state index contributed by atoms with van der Waals surface area (Å²) in [6.45, 7) is 1.08. The van der Waals surface area contributed by atoms with Gasteiger partial charge in [0, 0.05) is 12.4 Å². The van der Waals surface area contributed by atoms with Crippen molar-refractivity contribution in [2.45, 2.75) is 19.0 Å². The van der Waals surface area contributed by atoms with Crippen LogP contribution in [0.25, 0.3) is 0 Å². The molecule has 0 aliphatic carbocycles. The number of nitrogens with one attached hydrogen (secondary N) is 2. The van der Waals surface area contributed by atoms with Crippen molar-refractivity contribution in [2.75, 3.05) is 6.61 Å². The van der Waals surface area contributed by atoms with Crippen LogP contribution >= 0.6 is 0 Å². The topological polar surface area (TPSA) is 112 Å². The number of aliphatic carboxylic acids is 1. The van der Waals surface area contributed by atoms with Crippen molar-refractivity contribution in [3.8, 4) is 0 Å². The Balaban J connectivity index is 2.52. The molecule has 0 saturated heterocycles. The number of aliphatic hydroxyl groups excluding tert-OH is 1. The SMILES string of the molecule is CC(NC(=O)N[C@H](CO)C(=O)O)c1cccnc1. The molecule has 7 heteroatoms. The first kappa shape index (κ1) is 13.9. The zero-order valence-corrected chi connectivity index (χ0v) is 9.83. The summed E-state index contributed by atoms with van der Waals surface area (Å²) in [7, 11) is 0. The van der Waals surface area contributed by atoms with Gasteiger partial charge in [-0.1, -0.05) is 6.07 Å². The van der Waals surface area contributed by atoms with Crippen molar-refractivity contribution >= 4 is 12.0 Å². The summed E-state index contributed by atoms with van der Waals surface area (Å²) in [4.78, 5) is 26.0. The minimum absolute atomic E-state index is 0.313. The Hall–Kier alpha value is -2.15. The van der Waals surface area contributed by atoms with Crippen LogP contribution in [-0.4, -0.2) is 39.8 Å². The van der Waals surface area contributed by atoms with Crippen molar-refractivity contribution in [2.24, 2.45) is 0 Å². The molecule has 0 aliphatic rings. The molecule has 0 aromatic carbocycles. The first-order valence-electron chi connectivity index (χ1n) is 5.35. The summed E-state index contributed by atoms with van der Waals surface area (Å²) in [5.74, 6) is -1.29. The van der Waals surface area contributed by atoms with Crippen molar-refractivity contribution < 1.29 is 19.8 Å². The molecule has 2 atom stereocenters. The van der Waals surface area contributed by atoms with E-state index in [0.717, 1.165) is 5.56 Å². The highest BCUT2D eigenvalue weighted by molar-refractivity contribution is 5.82. The van der Waals surface area contributed by atoms with Gasteiger partial charge in [-0.15, -0.1) is 0 Å². The van der Waals surface area contributed by atoms with E-state index in [9.17, 15) is 9.59 Å². The fourth-order valence-electron chi connectivity index (χ4n) is 1.30. The molecule has 0 radical (unpaired) electrons. The molecule has 0 bridgehead atoms. The van der Waals surface area contributed by atoms with E-state index in [-0.39, 0.29) is 6.04 Å². The Morgan fingerprint density at radius 2 is 2.17 bits per heavy atom. The highest BCUT2D eigenvalue weighted by atomic mass is 16.4. The van der Waals surface area contributed by atoms with Crippen LogP contribution in [0.1, 0.15) is 18.5 Å². The summed E-state index contributed by atoms with van der Waals surface area (Å²) >= 11 is 0. The average molecular weight is 253 g/mol. The van der Waals surface area contributed by atoms with E-state index >= 15 is 0 Å². The van der Waals surface area contributed by atoms with Crippen LogP contribution in [0.5, 0.6) is 0 Å². The number of carbonyl (C=O) groups excluding carboxylic acids is 1. The molecule has 2 amide bonds. The van der Waals surface area contributed by atoms with E-state index in [0.29, 0.717) is 0 Å². The monoisotopic (exact) mass is 253 g/mol. The van der Waals surface area contributed by atoms with E-state index in [2.05, 4.69) is 15.6 Å². The second-order valence-electron chi connectivity index (χ2n) is 3.70. The van der Waals surface area contributed by atoms with E-state index in [1.165, 1.54) is 0 Å². The maximum Gasteiger partial charge on any atom is 0.328 e. The number of pyridine rings is 1. The Kier molecular flexibility index (Phi) is 5.06. The summed E-state index contributed by atoms with van der Waals surface area (Å²) < 4.78 is 0. The third-order valence-corrected chi connectivity index (χ3v) is 2.32. The molecular formula is C11H15N3O4. The molecule has 4 N–H and O–H groups in total. The number of hydrogen-bond acceptors (Lipinski definition) is 4. The van der Waals surface area contributed by atoms with Crippen LogP contribution in [0, 0.1) is 0 Å². The molecule has 18 heavy (non-hydrogen) atoms. The normalized spacial score (nSPS) is 13.4. The standard InChI is InChI=1S/C11H15N3O4/c1-7(8-3-2-4-12-5-8)13-11(18)14-9(6-15)10(16)17/h2-5,7,9,15H,6H2,1H3,(H,16,17)(H2,13,14,18)/t7?,9-/m1/s1. The third-order valence-electron chi connectivity index (χ3n) is 2.32. The van der Waals surface area contributed by atoms with Gasteiger partial charge in [-0.05, 0) is 18.6 Å². The summed E-state index contributed by atoms with van der Waals surface area (Å²) in [6, 6.07) is 1.24. The molecule has 0 saturated carbocycles. The number of urea groups is 1. The van der Waals surface area contributed by atoms with Crippen molar-refractivity contribution in [1.29, 1.82) is 0 Å². The second kappa shape index (κ2) is 6.55. The zero-order chi connectivity index (χ0) is 13.5. The number of hydrogen-bond donors (Lipinski definition) is 4. The van der Waals surface area contributed by atoms with Crippen LogP contribution < -0.4 is 10.6 Å². The maximum atomic E-state index is 11.5. The number of carbonyl (C=O) groups is 2. The molecule has 0 spiro atoms. The molecule has 1 rings (SSSR count). The highest BCUT2D eigenvalue weighted by Gasteiger charge is 2.19. The van der Waals surface area contributed by atoms with Gasteiger partial charge in [0.05, 0.1) is 12.6 Å². The smallest absolute Gasteiger partial charge is 0.328 e. The number of aliphatic hydroxyl groups is 1. The van der Waals surface area contributed by atoms with E-state index in [4.69, 9.17) is 10.2 Å². The minimum Gasteiger partial charge on any atom is -0.480 e. The summed E-state index contributed by atoms with van der Waals surface area (Å²) in [5.41, 5.74) is 0.795. The Morgan fingerprint density at radius 1 is 1.44 bits per heavy atom. The van der Waals surface area contributed by atoms with Gasteiger partial charge >= 0.3 is 12.0 Å². The van der Waals surface area contributed by atoms with Gasteiger partial charge in [0.15, 0.2) is 6.04 Å². The summed E-state index contributed by atoms with van der Waals surface area (Å²) in [5, 5.41) is 22.1. The van der Waals surface area contributed by atoms with Gasteiger partial charge in [-0.3, -0.25) is 4.98 Å². The fourth-order valence-corrected chi connectivity index (χ4v) is 1.30. The van der Waals surface area contributed by atoms with Gasteiger partial charge < -0.3 is 20.8 Å². The molecular weight excluding hydrogens is 238 g/mol. The van der Waals surface area contributed by atoms with Crippen molar-refractivity contribution in [3.63, 3.8) is 0 Å². The maximum absolute atomic E-state index is 11.5. The first-order valence-corrected chi connectivity index (χ1v) is 5.35. The lowest BCUT2D eigenvalue weighted by Crippen LogP contribution is -2.48. The van der Waals surface area contributed by atoms with Gasteiger partial charge in [0.1, 0.15) is 0 Å². The molecule has 1 heterocycles. The first-order chi connectivity index (χ1) is 8.54. The van der Waals surface area contributed by atoms with E-state index in [1.807, 2.05) is 0 Å². The van der Waals surface area contributed by atoms with Gasteiger partial charge in [0.2, 0.25) is 0 Å². The largest absolute Gasteiger partial charge is 0.480 e. The lowest BCUT2D eigenvalue weighted by molar-refractivity contribution is -0.140. The molecule has 0 aliphatic heterocycles. The van der Waals surface area contributed by atoms with Crippen LogP contribution in [0.2, 0.25) is 0 Å². The summed E-state index contributed by atoms with van der Waals surface area (Å²) in [6.07, 6.45) is 3.22. The van der Waals surface area contributed by atoms with Crippen LogP contribution in [-0.2, 0) is 4.79 Å². The number of amides is 2. The van der Waals surface area contributed by atoms with Gasteiger partial charge in [0.25, 0.3) is 0 Å². The predicted molar refractivity (Wildman–Crippen MR) is 62.8 cm³/mol. The molecule has 1 unspecified atom stereocenters. The van der Waals surface area contributed by atoms with Crippen molar-refractivity contribution in [3.05, 3.63) is 30.1 Å². The van der Waals surface area contributed by atoms with E-state index in [1.54, 1.807) is 31.5 Å². The van der Waals surface area contributed by atoms with Crippen LogP contribution in [0.15, 0.2) is 24.5 Å². The van der Waals surface area contributed by atoms with Crippen LogP contribution in [0.4, 0.5) is 4.79 Å². The lowest BCUT2D eigenvalue weighted by atomic mass is 10.1. The van der Waals surface area contributed by atoms with Gasteiger partial charge in [-0.25, -0.2) is 9.59 Å². The molecule has 1 aromatic heterocycles. The zero-order valence-electron chi connectivity index (χ0n) is 9.83. The minimum atomic E-state index is -1.31. The highest BCUT2D eigenvalue weighted by Crippen LogP contribution is 2.09. The quantitative estimate of drug-likeness (QED) is 0.585. The number of rotatable bonds is 5. The number of carboxylic acids is 1. The van der Waals surface area contributed by atoms with Crippen molar-refractivity contribution in [1.82, 2.24) is 15.6 Å². The number of carboxylic acid groups (broad SMARTS) is 1. The third kappa shape index (κ3) is 4.02. The molecule has 0 fully saturated rings. The number of aromatic nitrogens is 1. The average Bonchev–Trinajstić information content (AvgIpc) is 2.36. The predicted octanol–water partition coefficient (Wildman–Crippen LogP) is -0.113. The molecule has 98 valence electrons. The second-order valence-corrected chi connectivity index (χ2v) is 3.70. The van der Waals surface area contributed by atoms with Gasteiger partial charge in [-0.2, -0.15) is 0 Å². The van der Waals surface area contributed by atoms with Crippen LogP contribution in [0.3, 0.4) is 0 Å². The van der Waals surface area contributed by atoms with E-state index < -0.39 is 24.6 Å².